The van der Waals surface area contributed by atoms with Crippen LogP contribution in [0.25, 0.3) is 10.2 Å². The van der Waals surface area contributed by atoms with E-state index in [0.29, 0.717) is 12.0 Å². The number of likely N-dealkylation sites (tertiary alicyclic amines) is 1. The fraction of sp³-hybridized carbons (Fsp3) is 0.600. The summed E-state index contributed by atoms with van der Waals surface area (Å²) in [4.78, 5) is 12.8. The summed E-state index contributed by atoms with van der Waals surface area (Å²) in [7, 11) is 0. The normalized spacial score (nSPS) is 27.1. The van der Waals surface area contributed by atoms with Crippen molar-refractivity contribution in [3.05, 3.63) is 17.3 Å². The molecule has 5 nitrogen and oxygen atoms in total. The van der Waals surface area contributed by atoms with Gasteiger partial charge in [-0.1, -0.05) is 13.8 Å². The standard InChI is InChI=1S/C15H23N5S/c1-9-6-10(2)11(3)20(7-9)8-13-17-14(19-16)12-4-5-21-15(12)18-13/h4-5,9-11H,6-8,16H2,1-3H3,(H,17,18,19). The van der Waals surface area contributed by atoms with Crippen molar-refractivity contribution in [2.24, 2.45) is 17.7 Å². The van der Waals surface area contributed by atoms with E-state index in [4.69, 9.17) is 10.8 Å². The molecule has 1 aliphatic heterocycles. The molecule has 6 heteroatoms. The summed E-state index contributed by atoms with van der Waals surface area (Å²) in [6, 6.07) is 2.57. The zero-order chi connectivity index (χ0) is 15.0. The second kappa shape index (κ2) is 5.87. The van der Waals surface area contributed by atoms with Gasteiger partial charge in [-0.25, -0.2) is 15.8 Å². The Kier molecular flexibility index (Phi) is 4.10. The van der Waals surface area contributed by atoms with E-state index in [9.17, 15) is 0 Å². The van der Waals surface area contributed by atoms with Crippen LogP contribution in [0, 0.1) is 11.8 Å². The number of aromatic nitrogens is 2. The largest absolute Gasteiger partial charge is 0.308 e. The summed E-state index contributed by atoms with van der Waals surface area (Å²) in [6.07, 6.45) is 1.30. The molecule has 0 amide bonds. The molecule has 3 atom stereocenters. The maximum Gasteiger partial charge on any atom is 0.152 e. The van der Waals surface area contributed by atoms with E-state index in [2.05, 4.69) is 36.1 Å². The van der Waals surface area contributed by atoms with Crippen LogP contribution in [-0.2, 0) is 6.54 Å². The van der Waals surface area contributed by atoms with Crippen LogP contribution in [0.5, 0.6) is 0 Å². The number of piperidine rings is 1. The summed E-state index contributed by atoms with van der Waals surface area (Å²) in [5.41, 5.74) is 2.70. The van der Waals surface area contributed by atoms with Crippen molar-refractivity contribution in [2.75, 3.05) is 12.0 Å². The summed E-state index contributed by atoms with van der Waals surface area (Å²) < 4.78 is 0. The highest BCUT2D eigenvalue weighted by atomic mass is 32.1. The van der Waals surface area contributed by atoms with E-state index in [1.807, 2.05) is 11.4 Å². The van der Waals surface area contributed by atoms with Crippen molar-refractivity contribution < 1.29 is 0 Å². The summed E-state index contributed by atoms with van der Waals surface area (Å²) in [6.45, 7) is 8.87. The molecule has 0 radical (unpaired) electrons. The Morgan fingerprint density at radius 1 is 1.38 bits per heavy atom. The summed E-state index contributed by atoms with van der Waals surface area (Å²) in [5.74, 6) is 8.62. The molecule has 0 aromatic carbocycles. The van der Waals surface area contributed by atoms with Crippen LogP contribution in [0.15, 0.2) is 11.4 Å². The minimum atomic E-state index is 0.568. The molecule has 3 rings (SSSR count). The first-order valence-electron chi connectivity index (χ1n) is 7.53. The van der Waals surface area contributed by atoms with Crippen molar-refractivity contribution in [1.82, 2.24) is 14.9 Å². The van der Waals surface area contributed by atoms with E-state index in [-0.39, 0.29) is 0 Å². The van der Waals surface area contributed by atoms with Gasteiger partial charge in [0.05, 0.1) is 11.9 Å². The number of hydrogen-bond acceptors (Lipinski definition) is 6. The van der Waals surface area contributed by atoms with Crippen molar-refractivity contribution >= 4 is 27.4 Å². The van der Waals surface area contributed by atoms with E-state index in [1.54, 1.807) is 11.3 Å². The average molecular weight is 305 g/mol. The van der Waals surface area contributed by atoms with Crippen molar-refractivity contribution in [1.29, 1.82) is 0 Å². The molecule has 114 valence electrons. The van der Waals surface area contributed by atoms with Crippen LogP contribution >= 0.6 is 11.3 Å². The molecule has 2 aromatic rings. The maximum absolute atomic E-state index is 5.60. The van der Waals surface area contributed by atoms with E-state index >= 15 is 0 Å². The fourth-order valence-corrected chi connectivity index (χ4v) is 4.09. The Hall–Kier alpha value is -1.24. The van der Waals surface area contributed by atoms with Gasteiger partial charge in [0, 0.05) is 12.6 Å². The van der Waals surface area contributed by atoms with E-state index < -0.39 is 0 Å². The number of hydrazine groups is 1. The third-order valence-corrected chi connectivity index (χ3v) is 5.38. The Morgan fingerprint density at radius 3 is 2.95 bits per heavy atom. The number of anilines is 1. The SMILES string of the molecule is CC1CC(C)C(C)N(Cc2nc(NN)c3ccsc3n2)C1. The molecule has 3 unspecified atom stereocenters. The summed E-state index contributed by atoms with van der Waals surface area (Å²) in [5, 5.41) is 3.03. The number of thiophene rings is 1. The van der Waals surface area contributed by atoms with Gasteiger partial charge in [-0.3, -0.25) is 4.90 Å². The lowest BCUT2D eigenvalue weighted by Crippen LogP contribution is -2.45. The Labute approximate surface area is 129 Å². The lowest BCUT2D eigenvalue weighted by atomic mass is 9.86. The van der Waals surface area contributed by atoms with Crippen LogP contribution < -0.4 is 11.3 Å². The minimum absolute atomic E-state index is 0.568. The first-order valence-corrected chi connectivity index (χ1v) is 8.41. The third kappa shape index (κ3) is 2.88. The van der Waals surface area contributed by atoms with Crippen LogP contribution in [0.2, 0.25) is 0 Å². The predicted molar refractivity (Wildman–Crippen MR) is 88.0 cm³/mol. The molecule has 0 bridgehead atoms. The highest BCUT2D eigenvalue weighted by Crippen LogP contribution is 2.29. The van der Waals surface area contributed by atoms with Gasteiger partial charge >= 0.3 is 0 Å². The first kappa shape index (κ1) is 14.7. The Morgan fingerprint density at radius 2 is 2.19 bits per heavy atom. The lowest BCUT2D eigenvalue weighted by Gasteiger charge is -2.40. The molecule has 0 spiro atoms. The Balaban J connectivity index is 1.87. The molecule has 1 saturated heterocycles. The second-order valence-electron chi connectivity index (χ2n) is 6.26. The van der Waals surface area contributed by atoms with Crippen molar-refractivity contribution in [3.63, 3.8) is 0 Å². The monoisotopic (exact) mass is 305 g/mol. The lowest BCUT2D eigenvalue weighted by molar-refractivity contribution is 0.0707. The molecule has 2 aromatic heterocycles. The summed E-state index contributed by atoms with van der Waals surface area (Å²) >= 11 is 1.63. The van der Waals surface area contributed by atoms with Crippen LogP contribution in [0.1, 0.15) is 33.0 Å². The molecular weight excluding hydrogens is 282 g/mol. The zero-order valence-electron chi connectivity index (χ0n) is 12.8. The number of fused-ring (bicyclic) bond motifs is 1. The smallest absolute Gasteiger partial charge is 0.152 e. The number of nitrogens with zero attached hydrogens (tertiary/aromatic N) is 3. The minimum Gasteiger partial charge on any atom is -0.308 e. The maximum atomic E-state index is 5.60. The van der Waals surface area contributed by atoms with Gasteiger partial charge in [0.1, 0.15) is 10.7 Å². The topological polar surface area (TPSA) is 67.1 Å². The number of rotatable bonds is 3. The zero-order valence-corrected chi connectivity index (χ0v) is 13.7. The average Bonchev–Trinajstić information content (AvgIpc) is 2.91. The van der Waals surface area contributed by atoms with Gasteiger partial charge in [-0.05, 0) is 36.6 Å². The molecule has 1 fully saturated rings. The second-order valence-corrected chi connectivity index (χ2v) is 7.15. The predicted octanol–water partition coefficient (Wildman–Crippen LogP) is 2.84. The molecule has 0 saturated carbocycles. The van der Waals surface area contributed by atoms with Gasteiger partial charge < -0.3 is 5.43 Å². The highest BCUT2D eigenvalue weighted by Gasteiger charge is 2.29. The van der Waals surface area contributed by atoms with Crippen LogP contribution in [0.4, 0.5) is 5.82 Å². The number of hydrogen-bond donors (Lipinski definition) is 2. The molecular formula is C15H23N5S. The number of nitrogen functional groups attached to an aromatic ring is 1. The first-order chi connectivity index (χ1) is 10.1. The van der Waals surface area contributed by atoms with Crippen molar-refractivity contribution in [2.45, 2.75) is 39.8 Å². The van der Waals surface area contributed by atoms with Gasteiger partial charge in [0.2, 0.25) is 0 Å². The van der Waals surface area contributed by atoms with Crippen LogP contribution in [-0.4, -0.2) is 27.5 Å². The van der Waals surface area contributed by atoms with E-state index in [1.165, 1.54) is 6.42 Å². The third-order valence-electron chi connectivity index (χ3n) is 4.57. The fourth-order valence-electron chi connectivity index (χ4n) is 3.30. The van der Waals surface area contributed by atoms with Gasteiger partial charge in [-0.15, -0.1) is 11.3 Å². The molecule has 1 aliphatic rings. The van der Waals surface area contributed by atoms with E-state index in [0.717, 1.165) is 40.9 Å². The van der Waals surface area contributed by atoms with Crippen LogP contribution in [0.3, 0.4) is 0 Å². The number of nitrogens with two attached hydrogens (primary N) is 1. The number of nitrogens with one attached hydrogen (secondary N) is 1. The van der Waals surface area contributed by atoms with Gasteiger partial charge in [0.25, 0.3) is 0 Å². The van der Waals surface area contributed by atoms with Gasteiger partial charge in [0.15, 0.2) is 5.82 Å². The quantitative estimate of drug-likeness (QED) is 0.674. The molecule has 0 aliphatic carbocycles. The molecule has 3 N–H and O–H groups in total. The molecule has 3 heterocycles. The molecule has 21 heavy (non-hydrogen) atoms. The van der Waals surface area contributed by atoms with Gasteiger partial charge in [-0.2, -0.15) is 0 Å². The van der Waals surface area contributed by atoms with Crippen molar-refractivity contribution in [3.8, 4) is 0 Å². The Bertz CT molecular complexity index is 626. The highest BCUT2D eigenvalue weighted by molar-refractivity contribution is 7.16.